The highest BCUT2D eigenvalue weighted by Gasteiger charge is 2.06. The van der Waals surface area contributed by atoms with Gasteiger partial charge >= 0.3 is 0 Å². The van der Waals surface area contributed by atoms with Gasteiger partial charge in [0.05, 0.1) is 12.3 Å². The van der Waals surface area contributed by atoms with Gasteiger partial charge in [-0.15, -0.1) is 0 Å². The summed E-state index contributed by atoms with van der Waals surface area (Å²) in [6, 6.07) is 15.2. The van der Waals surface area contributed by atoms with Crippen LogP contribution in [0.3, 0.4) is 0 Å². The number of nitrogens with zero attached hydrogens (tertiary/aromatic N) is 2. The molecule has 0 unspecified atom stereocenters. The Morgan fingerprint density at radius 1 is 1.07 bits per heavy atom. The van der Waals surface area contributed by atoms with Gasteiger partial charge < -0.3 is 10.1 Å². The third kappa shape index (κ3) is 5.17. The van der Waals surface area contributed by atoms with E-state index in [0.717, 1.165) is 24.2 Å². The van der Waals surface area contributed by atoms with E-state index in [2.05, 4.69) is 10.4 Å². The highest BCUT2D eigenvalue weighted by molar-refractivity contribution is 5.94. The van der Waals surface area contributed by atoms with Crippen LogP contribution in [0.5, 0.6) is 5.75 Å². The lowest BCUT2D eigenvalue weighted by Crippen LogP contribution is -2.24. The summed E-state index contributed by atoms with van der Waals surface area (Å²) in [6.07, 6.45) is 3.35. The first-order chi connectivity index (χ1) is 13.1. The van der Waals surface area contributed by atoms with Crippen molar-refractivity contribution in [3.63, 3.8) is 0 Å². The van der Waals surface area contributed by atoms with Crippen LogP contribution in [0.4, 0.5) is 4.39 Å². The minimum Gasteiger partial charge on any atom is -0.494 e. The van der Waals surface area contributed by atoms with Gasteiger partial charge in [-0.05, 0) is 74.4 Å². The predicted octanol–water partition coefficient (Wildman–Crippen LogP) is 3.91. The van der Waals surface area contributed by atoms with E-state index in [1.807, 2.05) is 29.8 Å². The van der Waals surface area contributed by atoms with Gasteiger partial charge in [-0.2, -0.15) is 5.10 Å². The first-order valence-electron chi connectivity index (χ1n) is 8.91. The fraction of sp³-hybridized carbons (Fsp3) is 0.238. The summed E-state index contributed by atoms with van der Waals surface area (Å²) < 4.78 is 20.1. The molecule has 0 aliphatic carbocycles. The van der Waals surface area contributed by atoms with Crippen molar-refractivity contribution in [2.45, 2.75) is 19.8 Å². The molecule has 1 aromatic heterocycles. The van der Waals surface area contributed by atoms with Gasteiger partial charge in [0.15, 0.2) is 0 Å². The molecule has 6 heteroatoms. The number of rotatable bonds is 8. The lowest BCUT2D eigenvalue weighted by Gasteiger charge is -2.08. The smallest absolute Gasteiger partial charge is 0.251 e. The van der Waals surface area contributed by atoms with E-state index in [4.69, 9.17) is 4.74 Å². The van der Waals surface area contributed by atoms with Crippen molar-refractivity contribution in [2.24, 2.45) is 0 Å². The Labute approximate surface area is 157 Å². The second-order valence-electron chi connectivity index (χ2n) is 6.20. The van der Waals surface area contributed by atoms with E-state index in [-0.39, 0.29) is 11.7 Å². The second kappa shape index (κ2) is 8.98. The molecule has 27 heavy (non-hydrogen) atoms. The molecule has 0 saturated carbocycles. The van der Waals surface area contributed by atoms with Gasteiger partial charge in [0.2, 0.25) is 0 Å². The molecule has 0 atom stereocenters. The molecule has 0 bridgehead atoms. The van der Waals surface area contributed by atoms with E-state index in [0.29, 0.717) is 24.5 Å². The standard InChI is InChI=1S/C21H22FN3O2/c1-16-12-14-24-25(16)19-8-4-17(5-9-19)21(26)23-13-2-3-15-27-20-10-6-18(22)7-11-20/h4-12,14H,2-3,13,15H2,1H3,(H,23,26). The van der Waals surface area contributed by atoms with Crippen LogP contribution in [0.1, 0.15) is 28.9 Å². The Morgan fingerprint density at radius 2 is 1.81 bits per heavy atom. The molecule has 0 saturated heterocycles. The number of halogens is 1. The van der Waals surface area contributed by atoms with Crippen LogP contribution in [0.25, 0.3) is 5.69 Å². The third-order valence-corrected chi connectivity index (χ3v) is 4.15. The quantitative estimate of drug-likeness (QED) is 0.614. The Hall–Kier alpha value is -3.15. The third-order valence-electron chi connectivity index (χ3n) is 4.15. The van der Waals surface area contributed by atoms with Gasteiger partial charge in [-0.3, -0.25) is 4.79 Å². The number of nitrogens with one attached hydrogen (secondary N) is 1. The van der Waals surface area contributed by atoms with E-state index in [1.54, 1.807) is 30.5 Å². The van der Waals surface area contributed by atoms with Crippen LogP contribution in [0.15, 0.2) is 60.8 Å². The number of aromatic nitrogens is 2. The van der Waals surface area contributed by atoms with Crippen LogP contribution in [0.2, 0.25) is 0 Å². The van der Waals surface area contributed by atoms with Crippen molar-refractivity contribution in [3.8, 4) is 11.4 Å². The number of carbonyl (C=O) groups excluding carboxylic acids is 1. The molecule has 0 fully saturated rings. The normalized spacial score (nSPS) is 10.6. The summed E-state index contributed by atoms with van der Waals surface area (Å²) in [5.74, 6) is 0.268. The van der Waals surface area contributed by atoms with Crippen molar-refractivity contribution in [3.05, 3.63) is 77.9 Å². The van der Waals surface area contributed by atoms with Crippen LogP contribution >= 0.6 is 0 Å². The number of hydrogen-bond donors (Lipinski definition) is 1. The van der Waals surface area contributed by atoms with Crippen molar-refractivity contribution < 1.29 is 13.9 Å². The topological polar surface area (TPSA) is 56.2 Å². The summed E-state index contributed by atoms with van der Waals surface area (Å²) >= 11 is 0. The molecule has 2 aromatic carbocycles. The second-order valence-corrected chi connectivity index (χ2v) is 6.20. The van der Waals surface area contributed by atoms with E-state index in [9.17, 15) is 9.18 Å². The molecule has 0 radical (unpaired) electrons. The molecule has 1 heterocycles. The van der Waals surface area contributed by atoms with Gasteiger partial charge in [0.25, 0.3) is 5.91 Å². The van der Waals surface area contributed by atoms with Crippen molar-refractivity contribution >= 4 is 5.91 Å². The lowest BCUT2D eigenvalue weighted by molar-refractivity contribution is 0.0952. The van der Waals surface area contributed by atoms with E-state index < -0.39 is 0 Å². The Balaban J connectivity index is 1.38. The summed E-state index contributed by atoms with van der Waals surface area (Å²) in [5.41, 5.74) is 2.58. The molecule has 0 aliphatic rings. The van der Waals surface area contributed by atoms with Crippen LogP contribution in [0, 0.1) is 12.7 Å². The van der Waals surface area contributed by atoms with Crippen molar-refractivity contribution in [1.29, 1.82) is 0 Å². The number of ether oxygens (including phenoxy) is 1. The first-order valence-corrected chi connectivity index (χ1v) is 8.91. The highest BCUT2D eigenvalue weighted by Crippen LogP contribution is 2.12. The summed E-state index contributed by atoms with van der Waals surface area (Å²) in [6.45, 7) is 3.08. The van der Waals surface area contributed by atoms with Crippen LogP contribution < -0.4 is 10.1 Å². The maximum Gasteiger partial charge on any atom is 0.251 e. The SMILES string of the molecule is Cc1ccnn1-c1ccc(C(=O)NCCCCOc2ccc(F)cc2)cc1. The average molecular weight is 367 g/mol. The van der Waals surface area contributed by atoms with Crippen molar-refractivity contribution in [1.82, 2.24) is 15.1 Å². The molecular formula is C21H22FN3O2. The van der Waals surface area contributed by atoms with Crippen LogP contribution in [-0.4, -0.2) is 28.8 Å². The number of aryl methyl sites for hydroxylation is 1. The fourth-order valence-electron chi connectivity index (χ4n) is 2.65. The molecule has 3 rings (SSSR count). The Bertz CT molecular complexity index is 873. The number of amides is 1. The van der Waals surface area contributed by atoms with Gasteiger partial charge in [0, 0.05) is 24.0 Å². The van der Waals surface area contributed by atoms with E-state index >= 15 is 0 Å². The highest BCUT2D eigenvalue weighted by atomic mass is 19.1. The minimum absolute atomic E-state index is 0.0989. The molecule has 0 aliphatic heterocycles. The summed E-state index contributed by atoms with van der Waals surface area (Å²) in [7, 11) is 0. The van der Waals surface area contributed by atoms with Gasteiger partial charge in [-0.25, -0.2) is 9.07 Å². The van der Waals surface area contributed by atoms with Gasteiger partial charge in [-0.1, -0.05) is 0 Å². The first kappa shape index (κ1) is 18.6. The molecule has 0 spiro atoms. The molecule has 5 nitrogen and oxygen atoms in total. The average Bonchev–Trinajstić information content (AvgIpc) is 3.12. The van der Waals surface area contributed by atoms with Crippen molar-refractivity contribution in [2.75, 3.05) is 13.2 Å². The number of unbranched alkanes of at least 4 members (excludes halogenated alkanes) is 1. The van der Waals surface area contributed by atoms with Crippen LogP contribution in [-0.2, 0) is 0 Å². The van der Waals surface area contributed by atoms with E-state index in [1.165, 1.54) is 12.1 Å². The molecule has 3 aromatic rings. The zero-order chi connectivity index (χ0) is 19.1. The zero-order valence-electron chi connectivity index (χ0n) is 15.2. The predicted molar refractivity (Wildman–Crippen MR) is 102 cm³/mol. The molecule has 1 amide bonds. The fourth-order valence-corrected chi connectivity index (χ4v) is 2.65. The Morgan fingerprint density at radius 3 is 2.48 bits per heavy atom. The summed E-state index contributed by atoms with van der Waals surface area (Å²) in [5, 5.41) is 7.15. The monoisotopic (exact) mass is 367 g/mol. The minimum atomic E-state index is -0.280. The number of benzene rings is 2. The maximum absolute atomic E-state index is 12.8. The lowest BCUT2D eigenvalue weighted by atomic mass is 10.2. The largest absolute Gasteiger partial charge is 0.494 e. The van der Waals surface area contributed by atoms with Gasteiger partial charge in [0.1, 0.15) is 11.6 Å². The number of carbonyl (C=O) groups is 1. The molecule has 1 N–H and O–H groups in total. The molecular weight excluding hydrogens is 345 g/mol. The maximum atomic E-state index is 12.8. The zero-order valence-corrected chi connectivity index (χ0v) is 15.2. The number of hydrogen-bond acceptors (Lipinski definition) is 3. The molecule has 140 valence electrons. The summed E-state index contributed by atoms with van der Waals surface area (Å²) in [4.78, 5) is 12.2. The Kier molecular flexibility index (Phi) is 6.20.